The molecule has 1 saturated heterocycles. The molecule has 0 unspecified atom stereocenters. The number of hydrogen-bond donors (Lipinski definition) is 1. The van der Waals surface area contributed by atoms with Crippen molar-refractivity contribution in [2.75, 3.05) is 18.0 Å². The Morgan fingerprint density at radius 3 is 2.67 bits per heavy atom. The second kappa shape index (κ2) is 4.88. The van der Waals surface area contributed by atoms with Crippen LogP contribution in [0.1, 0.15) is 30.6 Å². The Labute approximate surface area is 111 Å². The number of nitrogens with zero attached hydrogens (tertiary/aromatic N) is 2. The zero-order valence-electron chi connectivity index (χ0n) is 10.7. The molecule has 98 valence electrons. The van der Waals surface area contributed by atoms with E-state index in [1.54, 1.807) is 11.3 Å². The van der Waals surface area contributed by atoms with Gasteiger partial charge >= 0.3 is 0 Å². The lowest BCUT2D eigenvalue weighted by Gasteiger charge is -2.31. The van der Waals surface area contributed by atoms with E-state index in [-0.39, 0.29) is 11.8 Å². The quantitative estimate of drug-likeness (QED) is 0.908. The lowest BCUT2D eigenvalue weighted by atomic mass is 9.96. The number of amides is 1. The number of carbonyl (C=O) groups excluding carboxylic acids is 1. The van der Waals surface area contributed by atoms with Crippen molar-refractivity contribution in [1.29, 1.82) is 0 Å². The molecule has 4 nitrogen and oxygen atoms in total. The van der Waals surface area contributed by atoms with Gasteiger partial charge in [0.15, 0.2) is 5.13 Å². The predicted octanol–water partition coefficient (Wildman–Crippen LogP) is 1.95. The monoisotopic (exact) mass is 265 g/mol. The van der Waals surface area contributed by atoms with Crippen LogP contribution >= 0.6 is 11.3 Å². The number of piperidine rings is 1. The van der Waals surface area contributed by atoms with Crippen molar-refractivity contribution in [3.05, 3.63) is 11.1 Å². The van der Waals surface area contributed by atoms with Crippen LogP contribution in [-0.2, 0) is 4.79 Å². The van der Waals surface area contributed by atoms with E-state index in [1.165, 1.54) is 17.7 Å². The number of carbonyl (C=O) groups is 1. The number of hydrogen-bond acceptors (Lipinski definition) is 4. The van der Waals surface area contributed by atoms with Crippen LogP contribution in [0.4, 0.5) is 5.13 Å². The number of thiazole rings is 1. The van der Waals surface area contributed by atoms with Crippen LogP contribution in [0.5, 0.6) is 0 Å². The molecule has 0 bridgehead atoms. The maximum absolute atomic E-state index is 12.0. The Balaban J connectivity index is 1.52. The van der Waals surface area contributed by atoms with Crippen LogP contribution in [0.25, 0.3) is 0 Å². The summed E-state index contributed by atoms with van der Waals surface area (Å²) in [5, 5.41) is 4.22. The molecule has 2 fully saturated rings. The molecule has 2 heterocycles. The highest BCUT2D eigenvalue weighted by Crippen LogP contribution is 2.27. The Bertz CT molecular complexity index is 433. The first-order valence-corrected chi connectivity index (χ1v) is 7.52. The molecule has 1 aromatic rings. The SMILES string of the molecule is Cc1cnc(N2CCC(C(=O)NC3CC3)CC2)s1. The van der Waals surface area contributed by atoms with Crippen LogP contribution in [-0.4, -0.2) is 30.0 Å². The summed E-state index contributed by atoms with van der Waals surface area (Å²) in [6.07, 6.45) is 6.17. The fourth-order valence-corrected chi connectivity index (χ4v) is 3.18. The molecule has 2 aliphatic rings. The highest BCUT2D eigenvalue weighted by molar-refractivity contribution is 7.15. The standard InChI is InChI=1S/C13H19N3OS/c1-9-8-14-13(18-9)16-6-4-10(5-7-16)12(17)15-11-2-3-11/h8,10-11H,2-7H2,1H3,(H,15,17). The zero-order valence-corrected chi connectivity index (χ0v) is 11.5. The first-order chi connectivity index (χ1) is 8.72. The summed E-state index contributed by atoms with van der Waals surface area (Å²) < 4.78 is 0. The van der Waals surface area contributed by atoms with Crippen molar-refractivity contribution in [1.82, 2.24) is 10.3 Å². The Morgan fingerprint density at radius 2 is 2.11 bits per heavy atom. The third-order valence-corrected chi connectivity index (χ3v) is 4.64. The normalized spacial score (nSPS) is 21.1. The lowest BCUT2D eigenvalue weighted by molar-refractivity contribution is -0.125. The second-order valence-electron chi connectivity index (χ2n) is 5.30. The van der Waals surface area contributed by atoms with Gasteiger partial charge in [0.25, 0.3) is 0 Å². The van der Waals surface area contributed by atoms with Gasteiger partial charge in [-0.2, -0.15) is 0 Å². The van der Waals surface area contributed by atoms with Crippen molar-refractivity contribution in [3.63, 3.8) is 0 Å². The molecule has 5 heteroatoms. The number of aryl methyl sites for hydroxylation is 1. The van der Waals surface area contributed by atoms with E-state index in [0.29, 0.717) is 6.04 Å². The first-order valence-electron chi connectivity index (χ1n) is 6.70. The van der Waals surface area contributed by atoms with E-state index in [0.717, 1.165) is 31.1 Å². The number of rotatable bonds is 3. The molecule has 0 radical (unpaired) electrons. The largest absolute Gasteiger partial charge is 0.353 e. The Kier molecular flexibility index (Phi) is 3.24. The van der Waals surface area contributed by atoms with E-state index >= 15 is 0 Å². The van der Waals surface area contributed by atoms with Crippen LogP contribution in [0.3, 0.4) is 0 Å². The molecular weight excluding hydrogens is 246 g/mol. The van der Waals surface area contributed by atoms with Gasteiger partial charge in [-0.25, -0.2) is 4.98 Å². The summed E-state index contributed by atoms with van der Waals surface area (Å²) in [4.78, 5) is 19.9. The maximum atomic E-state index is 12.0. The van der Waals surface area contributed by atoms with Crippen LogP contribution < -0.4 is 10.2 Å². The summed E-state index contributed by atoms with van der Waals surface area (Å²) in [7, 11) is 0. The van der Waals surface area contributed by atoms with Crippen molar-refractivity contribution in [2.24, 2.45) is 5.92 Å². The van der Waals surface area contributed by atoms with Crippen molar-refractivity contribution < 1.29 is 4.79 Å². The van der Waals surface area contributed by atoms with Gasteiger partial charge < -0.3 is 10.2 Å². The molecule has 0 atom stereocenters. The van der Waals surface area contributed by atoms with Gasteiger partial charge in [0.1, 0.15) is 0 Å². The summed E-state index contributed by atoms with van der Waals surface area (Å²) in [5.41, 5.74) is 0. The van der Waals surface area contributed by atoms with E-state index in [4.69, 9.17) is 0 Å². The molecular formula is C13H19N3OS. The van der Waals surface area contributed by atoms with Gasteiger partial charge in [0.05, 0.1) is 0 Å². The van der Waals surface area contributed by atoms with E-state index in [2.05, 4.69) is 22.1 Å². The lowest BCUT2D eigenvalue weighted by Crippen LogP contribution is -2.41. The molecule has 0 aromatic carbocycles. The van der Waals surface area contributed by atoms with Gasteiger partial charge in [-0.15, -0.1) is 11.3 Å². The molecule has 18 heavy (non-hydrogen) atoms. The average molecular weight is 265 g/mol. The maximum Gasteiger partial charge on any atom is 0.223 e. The van der Waals surface area contributed by atoms with Gasteiger partial charge in [0, 0.05) is 36.1 Å². The van der Waals surface area contributed by atoms with Gasteiger partial charge in [-0.1, -0.05) is 0 Å². The highest BCUT2D eigenvalue weighted by atomic mass is 32.1. The molecule has 3 rings (SSSR count). The average Bonchev–Trinajstić information content (AvgIpc) is 3.09. The topological polar surface area (TPSA) is 45.2 Å². The molecule has 1 aliphatic heterocycles. The van der Waals surface area contributed by atoms with E-state index in [1.807, 2.05) is 6.20 Å². The molecule has 1 amide bonds. The van der Waals surface area contributed by atoms with Crippen LogP contribution in [0.2, 0.25) is 0 Å². The van der Waals surface area contributed by atoms with Crippen molar-refractivity contribution in [2.45, 2.75) is 38.6 Å². The molecule has 1 aromatic heterocycles. The fourth-order valence-electron chi connectivity index (χ4n) is 2.37. The van der Waals surface area contributed by atoms with Crippen LogP contribution in [0, 0.1) is 12.8 Å². The highest BCUT2D eigenvalue weighted by Gasteiger charge is 2.30. The summed E-state index contributed by atoms with van der Waals surface area (Å²) >= 11 is 1.74. The number of aromatic nitrogens is 1. The third-order valence-electron chi connectivity index (χ3n) is 3.67. The summed E-state index contributed by atoms with van der Waals surface area (Å²) in [6, 6.07) is 0.483. The van der Waals surface area contributed by atoms with Crippen molar-refractivity contribution >= 4 is 22.4 Å². The van der Waals surface area contributed by atoms with Crippen LogP contribution in [0.15, 0.2) is 6.20 Å². The number of nitrogens with one attached hydrogen (secondary N) is 1. The second-order valence-corrected chi connectivity index (χ2v) is 6.51. The molecule has 1 aliphatic carbocycles. The molecule has 1 N–H and O–H groups in total. The van der Waals surface area contributed by atoms with E-state index in [9.17, 15) is 4.79 Å². The third kappa shape index (κ3) is 2.66. The van der Waals surface area contributed by atoms with Crippen molar-refractivity contribution in [3.8, 4) is 0 Å². The predicted molar refractivity (Wildman–Crippen MR) is 73.0 cm³/mol. The van der Waals surface area contributed by atoms with Gasteiger partial charge in [0.2, 0.25) is 5.91 Å². The minimum absolute atomic E-state index is 0.211. The minimum Gasteiger partial charge on any atom is -0.353 e. The summed E-state index contributed by atoms with van der Waals surface area (Å²) in [6.45, 7) is 3.99. The Hall–Kier alpha value is -1.10. The van der Waals surface area contributed by atoms with Gasteiger partial charge in [-0.3, -0.25) is 4.79 Å². The number of anilines is 1. The molecule has 0 spiro atoms. The Morgan fingerprint density at radius 1 is 1.39 bits per heavy atom. The first kappa shape index (κ1) is 12.0. The smallest absolute Gasteiger partial charge is 0.223 e. The molecule has 1 saturated carbocycles. The summed E-state index contributed by atoms with van der Waals surface area (Å²) in [5.74, 6) is 0.482. The van der Waals surface area contributed by atoms with Gasteiger partial charge in [-0.05, 0) is 32.6 Å². The zero-order chi connectivity index (χ0) is 12.5. The minimum atomic E-state index is 0.211. The fraction of sp³-hybridized carbons (Fsp3) is 0.692. The van der Waals surface area contributed by atoms with E-state index < -0.39 is 0 Å².